The van der Waals surface area contributed by atoms with Gasteiger partial charge in [0.25, 0.3) is 0 Å². The molecule has 0 bridgehead atoms. The van der Waals surface area contributed by atoms with Crippen LogP contribution in [0.25, 0.3) is 0 Å². The van der Waals surface area contributed by atoms with Crippen LogP contribution in [0.5, 0.6) is 0 Å². The summed E-state index contributed by atoms with van der Waals surface area (Å²) in [7, 11) is 0. The first-order valence-electron chi connectivity index (χ1n) is 6.71. The van der Waals surface area contributed by atoms with Crippen LogP contribution < -0.4 is 5.73 Å². The summed E-state index contributed by atoms with van der Waals surface area (Å²) in [5, 5.41) is 0. The van der Waals surface area contributed by atoms with Crippen molar-refractivity contribution in [2.45, 2.75) is 39.2 Å². The summed E-state index contributed by atoms with van der Waals surface area (Å²) in [5.74, 6) is 0.606. The predicted octanol–water partition coefficient (Wildman–Crippen LogP) is 0.999. The van der Waals surface area contributed by atoms with E-state index in [1.54, 1.807) is 6.92 Å². The normalized spacial score (nSPS) is 28.2. The Hall–Kier alpha value is -0.610. The van der Waals surface area contributed by atoms with E-state index in [9.17, 15) is 4.79 Å². The lowest BCUT2D eigenvalue weighted by molar-refractivity contribution is -0.131. The van der Waals surface area contributed by atoms with Crippen LogP contribution in [0.3, 0.4) is 0 Å². The van der Waals surface area contributed by atoms with Crippen LogP contribution in [0.4, 0.5) is 0 Å². The quantitative estimate of drug-likeness (QED) is 0.797. The van der Waals surface area contributed by atoms with E-state index < -0.39 is 0 Å². The second kappa shape index (κ2) is 4.94. The van der Waals surface area contributed by atoms with Crippen molar-refractivity contribution < 1.29 is 9.53 Å². The van der Waals surface area contributed by atoms with Crippen LogP contribution >= 0.6 is 0 Å². The molecule has 1 aliphatic carbocycles. The maximum absolute atomic E-state index is 12.0. The fourth-order valence-corrected chi connectivity index (χ4v) is 3.18. The molecule has 2 aliphatic rings. The summed E-state index contributed by atoms with van der Waals surface area (Å²) < 4.78 is 5.57. The zero-order valence-electron chi connectivity index (χ0n) is 10.9. The fourth-order valence-electron chi connectivity index (χ4n) is 3.18. The molecule has 1 saturated heterocycles. The van der Waals surface area contributed by atoms with Crippen LogP contribution in [-0.4, -0.2) is 43.2 Å². The lowest BCUT2D eigenvalue weighted by Gasteiger charge is -2.42. The number of ether oxygens (including phenoxy) is 1. The molecule has 1 amide bonds. The summed E-state index contributed by atoms with van der Waals surface area (Å²) >= 11 is 0. The molecule has 0 aromatic heterocycles. The van der Waals surface area contributed by atoms with E-state index >= 15 is 0 Å². The number of rotatable bonds is 4. The standard InChI is InChI=1S/C13H24N2O2/c1-3-17-8-11-7-15(12(16)10(2)14)9-13(11)5-4-6-13/h10-11H,3-9,14H2,1-2H3/t10-,11-/m0/s1. The topological polar surface area (TPSA) is 55.6 Å². The zero-order valence-corrected chi connectivity index (χ0v) is 10.9. The summed E-state index contributed by atoms with van der Waals surface area (Å²) in [6, 6.07) is -0.377. The second-order valence-corrected chi connectivity index (χ2v) is 5.58. The summed E-state index contributed by atoms with van der Waals surface area (Å²) in [5.41, 5.74) is 6.03. The number of amides is 1. The minimum absolute atomic E-state index is 0.0928. The van der Waals surface area contributed by atoms with Crippen molar-refractivity contribution >= 4 is 5.91 Å². The molecule has 1 aliphatic heterocycles. The number of likely N-dealkylation sites (tertiary alicyclic amines) is 1. The largest absolute Gasteiger partial charge is 0.381 e. The van der Waals surface area contributed by atoms with E-state index in [1.807, 2.05) is 11.8 Å². The highest BCUT2D eigenvalue weighted by Gasteiger charge is 2.51. The van der Waals surface area contributed by atoms with Gasteiger partial charge < -0.3 is 15.4 Å². The number of hydrogen-bond donors (Lipinski definition) is 1. The molecule has 0 aromatic rings. The van der Waals surface area contributed by atoms with Gasteiger partial charge in [-0.1, -0.05) is 6.42 Å². The molecule has 1 heterocycles. The monoisotopic (exact) mass is 240 g/mol. The third-order valence-electron chi connectivity index (χ3n) is 4.39. The molecule has 0 radical (unpaired) electrons. The summed E-state index contributed by atoms with van der Waals surface area (Å²) in [6.07, 6.45) is 3.78. The van der Waals surface area contributed by atoms with Crippen LogP contribution in [0, 0.1) is 11.3 Å². The van der Waals surface area contributed by atoms with E-state index in [-0.39, 0.29) is 11.9 Å². The molecule has 17 heavy (non-hydrogen) atoms. The van der Waals surface area contributed by atoms with Gasteiger partial charge in [0.15, 0.2) is 0 Å². The Kier molecular flexibility index (Phi) is 3.73. The van der Waals surface area contributed by atoms with E-state index in [0.717, 1.165) is 26.3 Å². The Morgan fingerprint density at radius 2 is 2.29 bits per heavy atom. The van der Waals surface area contributed by atoms with Crippen LogP contribution in [0.15, 0.2) is 0 Å². The van der Waals surface area contributed by atoms with Crippen molar-refractivity contribution in [1.29, 1.82) is 0 Å². The van der Waals surface area contributed by atoms with Gasteiger partial charge in [-0.15, -0.1) is 0 Å². The molecule has 4 heteroatoms. The van der Waals surface area contributed by atoms with E-state index in [0.29, 0.717) is 11.3 Å². The van der Waals surface area contributed by atoms with Crippen LogP contribution in [-0.2, 0) is 9.53 Å². The van der Waals surface area contributed by atoms with Crippen LogP contribution in [0.2, 0.25) is 0 Å². The molecular weight excluding hydrogens is 216 g/mol. The van der Waals surface area contributed by atoms with Gasteiger partial charge in [0.1, 0.15) is 0 Å². The van der Waals surface area contributed by atoms with Crippen molar-refractivity contribution in [3.8, 4) is 0 Å². The molecular formula is C13H24N2O2. The van der Waals surface area contributed by atoms with Gasteiger partial charge in [-0.25, -0.2) is 0 Å². The van der Waals surface area contributed by atoms with Crippen molar-refractivity contribution in [2.24, 2.45) is 17.1 Å². The van der Waals surface area contributed by atoms with E-state index in [2.05, 4.69) is 0 Å². The number of carbonyl (C=O) groups excluding carboxylic acids is 1. The lowest BCUT2D eigenvalue weighted by Crippen LogP contribution is -2.43. The highest BCUT2D eigenvalue weighted by atomic mass is 16.5. The van der Waals surface area contributed by atoms with Crippen molar-refractivity contribution in [3.05, 3.63) is 0 Å². The van der Waals surface area contributed by atoms with Gasteiger partial charge in [0.2, 0.25) is 5.91 Å². The minimum atomic E-state index is -0.377. The molecule has 2 rings (SSSR count). The fraction of sp³-hybridized carbons (Fsp3) is 0.923. The maximum atomic E-state index is 12.0. The van der Waals surface area contributed by atoms with Crippen molar-refractivity contribution in [1.82, 2.24) is 4.90 Å². The smallest absolute Gasteiger partial charge is 0.239 e. The molecule has 98 valence electrons. The van der Waals surface area contributed by atoms with Gasteiger partial charge in [-0.3, -0.25) is 4.79 Å². The third-order valence-corrected chi connectivity index (χ3v) is 4.39. The van der Waals surface area contributed by atoms with Gasteiger partial charge >= 0.3 is 0 Å². The molecule has 0 unspecified atom stereocenters. The first-order chi connectivity index (χ1) is 8.09. The molecule has 1 spiro atoms. The molecule has 2 atom stereocenters. The van der Waals surface area contributed by atoms with Gasteiger partial charge in [0, 0.05) is 25.6 Å². The molecule has 4 nitrogen and oxygen atoms in total. The van der Waals surface area contributed by atoms with E-state index in [4.69, 9.17) is 10.5 Å². The Morgan fingerprint density at radius 3 is 2.76 bits per heavy atom. The van der Waals surface area contributed by atoms with Gasteiger partial charge in [0.05, 0.1) is 12.6 Å². The summed E-state index contributed by atoms with van der Waals surface area (Å²) in [4.78, 5) is 13.9. The predicted molar refractivity (Wildman–Crippen MR) is 66.5 cm³/mol. The average Bonchev–Trinajstić information content (AvgIpc) is 2.64. The highest BCUT2D eigenvalue weighted by Crippen LogP contribution is 2.51. The van der Waals surface area contributed by atoms with Gasteiger partial charge in [-0.05, 0) is 32.1 Å². The Morgan fingerprint density at radius 1 is 1.59 bits per heavy atom. The van der Waals surface area contributed by atoms with Crippen molar-refractivity contribution in [2.75, 3.05) is 26.3 Å². The average molecular weight is 240 g/mol. The second-order valence-electron chi connectivity index (χ2n) is 5.58. The molecule has 1 saturated carbocycles. The van der Waals surface area contributed by atoms with E-state index in [1.165, 1.54) is 19.3 Å². The minimum Gasteiger partial charge on any atom is -0.381 e. The van der Waals surface area contributed by atoms with Gasteiger partial charge in [-0.2, -0.15) is 0 Å². The Balaban J connectivity index is 1.99. The van der Waals surface area contributed by atoms with Crippen molar-refractivity contribution in [3.63, 3.8) is 0 Å². The number of hydrogen-bond acceptors (Lipinski definition) is 3. The zero-order chi connectivity index (χ0) is 12.5. The highest BCUT2D eigenvalue weighted by molar-refractivity contribution is 5.81. The molecule has 2 N–H and O–H groups in total. The maximum Gasteiger partial charge on any atom is 0.239 e. The molecule has 2 fully saturated rings. The third kappa shape index (κ3) is 2.33. The van der Waals surface area contributed by atoms with Crippen LogP contribution in [0.1, 0.15) is 33.1 Å². The Bertz CT molecular complexity index is 287. The number of nitrogens with two attached hydrogens (primary N) is 1. The Labute approximate surface area is 103 Å². The first-order valence-corrected chi connectivity index (χ1v) is 6.71. The SMILES string of the molecule is CCOC[C@@H]1CN(C(=O)[C@H](C)N)CC12CCC2. The number of nitrogens with zero attached hydrogens (tertiary/aromatic N) is 1. The lowest BCUT2D eigenvalue weighted by atomic mass is 9.63. The number of carbonyl (C=O) groups is 1. The molecule has 0 aromatic carbocycles. The first kappa shape index (κ1) is 12.8. The summed E-state index contributed by atoms with van der Waals surface area (Å²) in [6.45, 7) is 7.07.